The Labute approximate surface area is 216 Å². The van der Waals surface area contributed by atoms with Crippen molar-refractivity contribution in [1.82, 2.24) is 20.1 Å². The van der Waals surface area contributed by atoms with E-state index in [1.54, 1.807) is 42.5 Å². The summed E-state index contributed by atoms with van der Waals surface area (Å²) in [5.74, 6) is -1.51. The normalized spacial score (nSPS) is 10.8. The molecule has 2 aromatic heterocycles. The maximum Gasteiger partial charge on any atom is 0.271 e. The zero-order chi connectivity index (χ0) is 26.2. The predicted molar refractivity (Wildman–Crippen MR) is 136 cm³/mol. The van der Waals surface area contributed by atoms with Gasteiger partial charge in [0.05, 0.1) is 41.8 Å². The summed E-state index contributed by atoms with van der Waals surface area (Å²) in [6, 6.07) is 17.8. The minimum atomic E-state index is -0.622. The molecule has 4 rings (SSSR count). The SMILES string of the molecule is O=C(NCCOCCO)c1cc(NC(=O)c2cc(-c3ccccn3)c(F)cc2Cl)n(-c2ccccc2)n1. The van der Waals surface area contributed by atoms with Crippen molar-refractivity contribution >= 4 is 29.2 Å². The van der Waals surface area contributed by atoms with Crippen LogP contribution in [0.1, 0.15) is 20.8 Å². The molecular weight excluding hydrogens is 501 g/mol. The summed E-state index contributed by atoms with van der Waals surface area (Å²) in [6.45, 7) is 0.486. The molecule has 37 heavy (non-hydrogen) atoms. The lowest BCUT2D eigenvalue weighted by Gasteiger charge is -2.11. The van der Waals surface area contributed by atoms with Crippen LogP contribution in [0.2, 0.25) is 5.02 Å². The molecular formula is C26H23ClFN5O4. The highest BCUT2D eigenvalue weighted by molar-refractivity contribution is 6.34. The van der Waals surface area contributed by atoms with Crippen molar-refractivity contribution in [3.05, 3.63) is 95.0 Å². The zero-order valence-electron chi connectivity index (χ0n) is 19.5. The van der Waals surface area contributed by atoms with E-state index in [0.29, 0.717) is 11.4 Å². The Kier molecular flexibility index (Phi) is 8.57. The summed E-state index contributed by atoms with van der Waals surface area (Å²) in [5, 5.41) is 18.4. The van der Waals surface area contributed by atoms with Crippen LogP contribution in [-0.2, 0) is 4.74 Å². The molecule has 0 aliphatic carbocycles. The minimum Gasteiger partial charge on any atom is -0.394 e. The number of para-hydroxylation sites is 1. The first-order valence-electron chi connectivity index (χ1n) is 11.3. The number of ether oxygens (including phenoxy) is 1. The minimum absolute atomic E-state index is 0.0246. The van der Waals surface area contributed by atoms with E-state index in [1.807, 2.05) is 6.07 Å². The molecule has 0 saturated heterocycles. The maximum absolute atomic E-state index is 14.6. The van der Waals surface area contributed by atoms with Gasteiger partial charge in [-0.05, 0) is 36.4 Å². The van der Waals surface area contributed by atoms with E-state index >= 15 is 0 Å². The number of hydrogen-bond donors (Lipinski definition) is 3. The van der Waals surface area contributed by atoms with E-state index < -0.39 is 17.6 Å². The highest BCUT2D eigenvalue weighted by Gasteiger charge is 2.21. The lowest BCUT2D eigenvalue weighted by molar-refractivity contribution is 0.0834. The molecule has 0 aliphatic heterocycles. The first kappa shape index (κ1) is 26.0. The van der Waals surface area contributed by atoms with Crippen molar-refractivity contribution in [2.24, 2.45) is 0 Å². The van der Waals surface area contributed by atoms with Crippen LogP contribution in [0.25, 0.3) is 16.9 Å². The Morgan fingerprint density at radius 3 is 2.54 bits per heavy atom. The first-order valence-corrected chi connectivity index (χ1v) is 11.7. The second kappa shape index (κ2) is 12.2. The van der Waals surface area contributed by atoms with E-state index in [0.717, 1.165) is 6.07 Å². The Balaban J connectivity index is 1.61. The zero-order valence-corrected chi connectivity index (χ0v) is 20.3. The molecule has 0 radical (unpaired) electrons. The second-order valence-corrected chi connectivity index (χ2v) is 8.14. The van der Waals surface area contributed by atoms with Crippen LogP contribution in [0.15, 0.2) is 72.9 Å². The summed E-state index contributed by atoms with van der Waals surface area (Å²) in [7, 11) is 0. The van der Waals surface area contributed by atoms with Gasteiger partial charge in [-0.2, -0.15) is 5.10 Å². The van der Waals surface area contributed by atoms with Gasteiger partial charge in [-0.15, -0.1) is 0 Å². The average molecular weight is 524 g/mol. The van der Waals surface area contributed by atoms with Crippen LogP contribution in [-0.4, -0.2) is 58.1 Å². The Morgan fingerprint density at radius 2 is 1.81 bits per heavy atom. The van der Waals surface area contributed by atoms with Crippen LogP contribution in [0, 0.1) is 5.82 Å². The summed E-state index contributed by atoms with van der Waals surface area (Å²) in [6.07, 6.45) is 1.52. The standard InChI is InChI=1S/C26H23ClFN5O4/c27-20-15-21(28)19(22-8-4-5-9-29-22)14-18(20)25(35)31-24-16-23(26(36)30-10-12-37-13-11-34)32-33(24)17-6-2-1-3-7-17/h1-9,14-16,34H,10-13H2,(H,30,36)(H,31,35). The van der Waals surface area contributed by atoms with Crippen LogP contribution in [0.4, 0.5) is 10.2 Å². The highest BCUT2D eigenvalue weighted by atomic mass is 35.5. The topological polar surface area (TPSA) is 118 Å². The van der Waals surface area contributed by atoms with E-state index in [4.69, 9.17) is 21.4 Å². The number of pyridine rings is 1. The molecule has 2 heterocycles. The third-order valence-electron chi connectivity index (χ3n) is 5.19. The quantitative estimate of drug-likeness (QED) is 0.273. The molecule has 0 fully saturated rings. The van der Waals surface area contributed by atoms with Gasteiger partial charge in [-0.1, -0.05) is 35.9 Å². The summed E-state index contributed by atoms with van der Waals surface area (Å²) in [5.41, 5.74) is 1.15. The number of aromatic nitrogens is 3. The smallest absolute Gasteiger partial charge is 0.271 e. The molecule has 190 valence electrons. The van der Waals surface area contributed by atoms with Gasteiger partial charge in [0, 0.05) is 24.4 Å². The van der Waals surface area contributed by atoms with Gasteiger partial charge >= 0.3 is 0 Å². The molecule has 3 N–H and O–H groups in total. The van der Waals surface area contributed by atoms with Crippen LogP contribution in [0.3, 0.4) is 0 Å². The van der Waals surface area contributed by atoms with Gasteiger partial charge in [0.15, 0.2) is 5.69 Å². The molecule has 4 aromatic rings. The van der Waals surface area contributed by atoms with Crippen molar-refractivity contribution in [2.75, 3.05) is 31.7 Å². The van der Waals surface area contributed by atoms with Crippen LogP contribution >= 0.6 is 11.6 Å². The Hall–Kier alpha value is -4.12. The third kappa shape index (κ3) is 6.36. The fourth-order valence-electron chi connectivity index (χ4n) is 3.47. The molecule has 0 spiro atoms. The highest BCUT2D eigenvalue weighted by Crippen LogP contribution is 2.28. The fourth-order valence-corrected chi connectivity index (χ4v) is 3.70. The molecule has 0 aliphatic rings. The number of aliphatic hydroxyl groups excluding tert-OH is 1. The van der Waals surface area contributed by atoms with Crippen molar-refractivity contribution < 1.29 is 23.8 Å². The van der Waals surface area contributed by atoms with Gasteiger partial charge in [0.25, 0.3) is 11.8 Å². The molecule has 2 aromatic carbocycles. The number of aliphatic hydroxyl groups is 1. The number of nitrogens with zero attached hydrogens (tertiary/aromatic N) is 3. The number of hydrogen-bond acceptors (Lipinski definition) is 6. The average Bonchev–Trinajstić information content (AvgIpc) is 3.33. The number of anilines is 1. The molecule has 9 nitrogen and oxygen atoms in total. The number of nitrogens with one attached hydrogen (secondary N) is 2. The van der Waals surface area contributed by atoms with Crippen molar-refractivity contribution in [3.8, 4) is 16.9 Å². The number of benzene rings is 2. The molecule has 0 atom stereocenters. The fraction of sp³-hybridized carbons (Fsp3) is 0.154. The predicted octanol–water partition coefficient (Wildman–Crippen LogP) is 3.72. The van der Waals surface area contributed by atoms with E-state index in [-0.39, 0.29) is 54.0 Å². The molecule has 11 heteroatoms. The Bertz CT molecular complexity index is 1380. The van der Waals surface area contributed by atoms with Gasteiger partial charge in [-0.3, -0.25) is 14.6 Å². The molecule has 0 saturated carbocycles. The maximum atomic E-state index is 14.6. The van der Waals surface area contributed by atoms with Crippen molar-refractivity contribution in [2.45, 2.75) is 0 Å². The number of rotatable bonds is 10. The largest absolute Gasteiger partial charge is 0.394 e. The van der Waals surface area contributed by atoms with Crippen LogP contribution < -0.4 is 10.6 Å². The van der Waals surface area contributed by atoms with Gasteiger partial charge in [0.1, 0.15) is 11.6 Å². The lowest BCUT2D eigenvalue weighted by Crippen LogP contribution is -2.28. The van der Waals surface area contributed by atoms with Crippen LogP contribution in [0.5, 0.6) is 0 Å². The number of halogens is 2. The Morgan fingerprint density at radius 1 is 1.03 bits per heavy atom. The molecule has 0 bridgehead atoms. The third-order valence-corrected chi connectivity index (χ3v) is 5.51. The monoisotopic (exact) mass is 523 g/mol. The number of carbonyl (C=O) groups excluding carboxylic acids is 2. The summed E-state index contributed by atoms with van der Waals surface area (Å²) >= 11 is 6.22. The van der Waals surface area contributed by atoms with E-state index in [2.05, 4.69) is 20.7 Å². The second-order valence-electron chi connectivity index (χ2n) is 7.74. The van der Waals surface area contributed by atoms with Gasteiger partial charge < -0.3 is 20.5 Å². The lowest BCUT2D eigenvalue weighted by atomic mass is 10.1. The molecule has 0 unspecified atom stereocenters. The summed E-state index contributed by atoms with van der Waals surface area (Å²) < 4.78 is 21.2. The van der Waals surface area contributed by atoms with Crippen molar-refractivity contribution in [1.29, 1.82) is 0 Å². The summed E-state index contributed by atoms with van der Waals surface area (Å²) in [4.78, 5) is 30.0. The van der Waals surface area contributed by atoms with Gasteiger partial charge in [-0.25, -0.2) is 9.07 Å². The van der Waals surface area contributed by atoms with E-state index in [9.17, 15) is 14.0 Å². The first-order chi connectivity index (χ1) is 18.0. The van der Waals surface area contributed by atoms with Crippen molar-refractivity contribution in [3.63, 3.8) is 0 Å². The van der Waals surface area contributed by atoms with E-state index in [1.165, 1.54) is 23.0 Å². The molecule has 2 amide bonds. The number of carbonyl (C=O) groups is 2. The van der Waals surface area contributed by atoms with Gasteiger partial charge in [0.2, 0.25) is 0 Å². The number of amides is 2.